The normalized spacial score (nSPS) is 12.7. The highest BCUT2D eigenvalue weighted by molar-refractivity contribution is 7.93. The predicted molar refractivity (Wildman–Crippen MR) is 60.5 cm³/mol. The summed E-state index contributed by atoms with van der Waals surface area (Å²) >= 11 is 0. The average Bonchev–Trinajstić information content (AvgIpc) is 2.12. The Balaban J connectivity index is 3.83. The van der Waals surface area contributed by atoms with E-state index >= 15 is 0 Å². The van der Waals surface area contributed by atoms with Crippen LogP contribution in [-0.4, -0.2) is 29.3 Å². The van der Waals surface area contributed by atoms with Crippen molar-refractivity contribution in [2.75, 3.05) is 12.5 Å². The molecule has 0 saturated carbocycles. The van der Waals surface area contributed by atoms with Crippen molar-refractivity contribution in [2.24, 2.45) is 5.73 Å². The van der Waals surface area contributed by atoms with Crippen LogP contribution in [0.15, 0.2) is 21.9 Å². The fraction of sp³-hybridized carbons (Fsp3) is 0.333. The second-order valence-corrected chi connectivity index (χ2v) is 7.59. The lowest BCUT2D eigenvalue weighted by molar-refractivity contribution is 0.552. The molecule has 0 fully saturated rings. The molecule has 96 valence electrons. The van der Waals surface area contributed by atoms with Gasteiger partial charge in [0.05, 0.1) is 4.90 Å². The zero-order chi connectivity index (χ0) is 13.4. The Labute approximate surface area is 99.3 Å². The number of sulfone groups is 2. The minimum atomic E-state index is -3.97. The van der Waals surface area contributed by atoms with E-state index in [1.165, 1.54) is 0 Å². The van der Waals surface area contributed by atoms with Crippen LogP contribution in [0.1, 0.15) is 5.56 Å². The molecular formula is C9H12FNO4S2. The summed E-state index contributed by atoms with van der Waals surface area (Å²) in [6, 6.07) is 2.00. The summed E-state index contributed by atoms with van der Waals surface area (Å²) in [7, 11) is -7.81. The molecule has 2 N–H and O–H groups in total. The van der Waals surface area contributed by atoms with E-state index in [0.717, 1.165) is 24.6 Å². The van der Waals surface area contributed by atoms with Crippen LogP contribution in [0, 0.1) is 5.82 Å². The topological polar surface area (TPSA) is 94.3 Å². The van der Waals surface area contributed by atoms with Gasteiger partial charge in [0.2, 0.25) is 0 Å². The third-order valence-corrected chi connectivity index (χ3v) is 4.48. The second kappa shape index (κ2) is 4.35. The number of hydrogen-bond acceptors (Lipinski definition) is 5. The van der Waals surface area contributed by atoms with Gasteiger partial charge in [-0.1, -0.05) is 0 Å². The molecule has 0 spiro atoms. The maximum atomic E-state index is 13.6. The molecule has 0 bridgehead atoms. The van der Waals surface area contributed by atoms with Crippen molar-refractivity contribution in [3.05, 3.63) is 23.5 Å². The van der Waals surface area contributed by atoms with Crippen molar-refractivity contribution in [1.29, 1.82) is 0 Å². The van der Waals surface area contributed by atoms with Crippen LogP contribution in [0.25, 0.3) is 0 Å². The van der Waals surface area contributed by atoms with E-state index in [-0.39, 0.29) is 12.1 Å². The lowest BCUT2D eigenvalue weighted by atomic mass is 10.2. The van der Waals surface area contributed by atoms with Crippen LogP contribution in [0.2, 0.25) is 0 Å². The highest BCUT2D eigenvalue weighted by Gasteiger charge is 2.25. The van der Waals surface area contributed by atoms with Crippen LogP contribution in [0.3, 0.4) is 0 Å². The Morgan fingerprint density at radius 3 is 2.00 bits per heavy atom. The van der Waals surface area contributed by atoms with Gasteiger partial charge >= 0.3 is 0 Å². The number of benzene rings is 1. The Bertz CT molecular complexity index is 650. The second-order valence-electron chi connectivity index (χ2n) is 3.65. The summed E-state index contributed by atoms with van der Waals surface area (Å²) in [5.41, 5.74) is 5.50. The molecule has 0 unspecified atom stereocenters. The van der Waals surface area contributed by atoms with Crippen LogP contribution in [-0.2, 0) is 26.2 Å². The van der Waals surface area contributed by atoms with E-state index in [0.29, 0.717) is 0 Å². The van der Waals surface area contributed by atoms with Crippen molar-refractivity contribution >= 4 is 19.7 Å². The van der Waals surface area contributed by atoms with Gasteiger partial charge < -0.3 is 5.73 Å². The van der Waals surface area contributed by atoms with E-state index in [2.05, 4.69) is 0 Å². The molecule has 0 heterocycles. The van der Waals surface area contributed by atoms with E-state index in [9.17, 15) is 21.2 Å². The van der Waals surface area contributed by atoms with Crippen molar-refractivity contribution in [2.45, 2.75) is 16.3 Å². The van der Waals surface area contributed by atoms with Crippen LogP contribution in [0.5, 0.6) is 0 Å². The van der Waals surface area contributed by atoms with Crippen molar-refractivity contribution in [1.82, 2.24) is 0 Å². The molecule has 1 rings (SSSR count). The molecule has 0 saturated heterocycles. The van der Waals surface area contributed by atoms with Gasteiger partial charge in [-0.15, -0.1) is 0 Å². The van der Waals surface area contributed by atoms with Crippen LogP contribution >= 0.6 is 0 Å². The summed E-state index contributed by atoms with van der Waals surface area (Å²) in [6.45, 7) is -0.0799. The summed E-state index contributed by atoms with van der Waals surface area (Å²) < 4.78 is 59.3. The zero-order valence-electron chi connectivity index (χ0n) is 9.27. The fourth-order valence-electron chi connectivity index (χ4n) is 1.37. The summed E-state index contributed by atoms with van der Waals surface area (Å²) in [6.07, 6.45) is 1.57. The standard InChI is InChI=1S/C9H12FNO4S2/c1-16(12,13)8-4-6(5-11)3-7(10)9(8)17(2,14)15/h3-4H,5,11H2,1-2H3. The monoisotopic (exact) mass is 281 g/mol. The van der Waals surface area contributed by atoms with Gasteiger partial charge in [-0.2, -0.15) is 0 Å². The summed E-state index contributed by atoms with van der Waals surface area (Å²) in [5.74, 6) is -1.10. The quantitative estimate of drug-likeness (QED) is 0.847. The summed E-state index contributed by atoms with van der Waals surface area (Å²) in [4.78, 5) is -1.36. The highest BCUT2D eigenvalue weighted by atomic mass is 32.2. The third-order valence-electron chi connectivity index (χ3n) is 2.08. The lowest BCUT2D eigenvalue weighted by Crippen LogP contribution is -2.12. The fourth-order valence-corrected chi connectivity index (χ4v) is 3.92. The first-order valence-corrected chi connectivity index (χ1v) is 8.28. The lowest BCUT2D eigenvalue weighted by Gasteiger charge is -2.09. The van der Waals surface area contributed by atoms with Gasteiger partial charge in [0, 0.05) is 19.1 Å². The van der Waals surface area contributed by atoms with E-state index in [1.54, 1.807) is 0 Å². The van der Waals surface area contributed by atoms with Gasteiger partial charge in [-0.25, -0.2) is 21.2 Å². The predicted octanol–water partition coefficient (Wildman–Crippen LogP) is 0.0914. The van der Waals surface area contributed by atoms with E-state index in [1.807, 2.05) is 0 Å². The Morgan fingerprint density at radius 1 is 1.12 bits per heavy atom. The van der Waals surface area contributed by atoms with Gasteiger partial charge in [-0.05, 0) is 17.7 Å². The van der Waals surface area contributed by atoms with Crippen molar-refractivity contribution in [3.8, 4) is 0 Å². The molecule has 0 aliphatic heterocycles. The Morgan fingerprint density at radius 2 is 1.65 bits per heavy atom. The number of nitrogens with two attached hydrogens (primary N) is 1. The zero-order valence-corrected chi connectivity index (χ0v) is 10.9. The minimum absolute atomic E-state index is 0.0799. The molecule has 0 atom stereocenters. The minimum Gasteiger partial charge on any atom is -0.326 e. The maximum Gasteiger partial charge on any atom is 0.179 e. The average molecular weight is 281 g/mol. The molecule has 17 heavy (non-hydrogen) atoms. The molecule has 8 heteroatoms. The Hall–Kier alpha value is -0.990. The van der Waals surface area contributed by atoms with Gasteiger partial charge in [0.15, 0.2) is 19.7 Å². The summed E-state index contributed by atoms with van der Waals surface area (Å²) in [5, 5.41) is 0. The van der Waals surface area contributed by atoms with Crippen LogP contribution in [0.4, 0.5) is 4.39 Å². The molecule has 1 aromatic rings. The first kappa shape index (κ1) is 14.1. The number of rotatable bonds is 3. The first-order valence-electron chi connectivity index (χ1n) is 4.50. The molecule has 1 aromatic carbocycles. The number of hydrogen-bond donors (Lipinski definition) is 1. The van der Waals surface area contributed by atoms with E-state index < -0.39 is 35.3 Å². The molecule has 0 aromatic heterocycles. The third kappa shape index (κ3) is 3.02. The molecular weight excluding hydrogens is 269 g/mol. The number of halogens is 1. The van der Waals surface area contributed by atoms with Gasteiger partial charge in [-0.3, -0.25) is 0 Å². The van der Waals surface area contributed by atoms with E-state index in [4.69, 9.17) is 5.73 Å². The van der Waals surface area contributed by atoms with Crippen LogP contribution < -0.4 is 5.73 Å². The largest absolute Gasteiger partial charge is 0.326 e. The molecule has 5 nitrogen and oxygen atoms in total. The first-order chi connectivity index (χ1) is 7.57. The maximum absolute atomic E-state index is 13.6. The van der Waals surface area contributed by atoms with Gasteiger partial charge in [0.1, 0.15) is 10.7 Å². The SMILES string of the molecule is CS(=O)(=O)c1cc(CN)cc(F)c1S(C)(=O)=O. The van der Waals surface area contributed by atoms with Gasteiger partial charge in [0.25, 0.3) is 0 Å². The molecule has 0 aliphatic rings. The van der Waals surface area contributed by atoms with Crippen molar-refractivity contribution in [3.63, 3.8) is 0 Å². The molecule has 0 amide bonds. The smallest absolute Gasteiger partial charge is 0.179 e. The molecule has 0 radical (unpaired) electrons. The molecule has 0 aliphatic carbocycles. The highest BCUT2D eigenvalue weighted by Crippen LogP contribution is 2.25. The Kier molecular flexibility index (Phi) is 3.60. The van der Waals surface area contributed by atoms with Crippen molar-refractivity contribution < 1.29 is 21.2 Å².